The minimum atomic E-state index is 0.329. The molecule has 0 radical (unpaired) electrons. The Hall–Kier alpha value is -4.04. The van der Waals surface area contributed by atoms with E-state index in [4.69, 9.17) is 0 Å². The molecule has 0 heterocycles. The maximum absolute atomic E-state index is 9.31. The number of phenols is 1. The van der Waals surface area contributed by atoms with Crippen molar-refractivity contribution in [1.82, 2.24) is 0 Å². The average molecular weight is 476 g/mol. The molecule has 0 aromatic heterocycles. The van der Waals surface area contributed by atoms with Gasteiger partial charge < -0.3 is 10.4 Å². The van der Waals surface area contributed by atoms with E-state index in [9.17, 15) is 5.11 Å². The SMILES string of the molecule is CC.CC(C)c1ccc2cc(O)ccc2c1.c1ccc(Cc2ccc(Nc3ccccc3)cc2)cc1. The van der Waals surface area contributed by atoms with Gasteiger partial charge in [0, 0.05) is 11.4 Å². The second-order valence-electron chi connectivity index (χ2n) is 8.80. The number of phenolic OH excluding ortho intramolecular Hbond substituents is 1. The van der Waals surface area contributed by atoms with Crippen molar-refractivity contribution in [2.45, 2.75) is 40.0 Å². The summed E-state index contributed by atoms with van der Waals surface area (Å²) in [6, 6.07) is 41.2. The van der Waals surface area contributed by atoms with E-state index in [1.807, 2.05) is 38.1 Å². The first-order valence-corrected chi connectivity index (χ1v) is 12.7. The predicted octanol–water partition coefficient (Wildman–Crippen LogP) is 9.72. The minimum Gasteiger partial charge on any atom is -0.508 e. The lowest BCUT2D eigenvalue weighted by atomic mass is 9.99. The molecule has 0 unspecified atom stereocenters. The summed E-state index contributed by atoms with van der Waals surface area (Å²) in [6.07, 6.45) is 0.979. The van der Waals surface area contributed by atoms with Gasteiger partial charge in [0.05, 0.1) is 0 Å². The van der Waals surface area contributed by atoms with Crippen LogP contribution in [0.15, 0.2) is 121 Å². The highest BCUT2D eigenvalue weighted by atomic mass is 16.3. The van der Waals surface area contributed by atoms with Gasteiger partial charge in [-0.2, -0.15) is 0 Å². The fourth-order valence-electron chi connectivity index (χ4n) is 3.84. The number of aromatic hydroxyl groups is 1. The summed E-state index contributed by atoms with van der Waals surface area (Å²) in [4.78, 5) is 0. The van der Waals surface area contributed by atoms with Crippen LogP contribution >= 0.6 is 0 Å². The highest BCUT2D eigenvalue weighted by Gasteiger charge is 2.01. The monoisotopic (exact) mass is 475 g/mol. The molecule has 184 valence electrons. The number of para-hydroxylation sites is 1. The van der Waals surface area contributed by atoms with Crippen LogP contribution in [-0.2, 0) is 6.42 Å². The zero-order valence-electron chi connectivity index (χ0n) is 21.8. The molecule has 36 heavy (non-hydrogen) atoms. The lowest BCUT2D eigenvalue weighted by molar-refractivity contribution is 0.476. The molecule has 0 saturated heterocycles. The molecule has 0 aliphatic heterocycles. The molecule has 0 fully saturated rings. The second-order valence-corrected chi connectivity index (χ2v) is 8.80. The van der Waals surface area contributed by atoms with Crippen molar-refractivity contribution in [2.24, 2.45) is 0 Å². The Kier molecular flexibility index (Phi) is 10.1. The largest absolute Gasteiger partial charge is 0.508 e. The molecule has 0 bridgehead atoms. The van der Waals surface area contributed by atoms with Gasteiger partial charge in [0.25, 0.3) is 0 Å². The van der Waals surface area contributed by atoms with Crippen LogP contribution in [-0.4, -0.2) is 5.11 Å². The number of benzene rings is 5. The Morgan fingerprint density at radius 3 is 1.75 bits per heavy atom. The van der Waals surface area contributed by atoms with Gasteiger partial charge in [-0.25, -0.2) is 0 Å². The van der Waals surface area contributed by atoms with Gasteiger partial charge in [-0.15, -0.1) is 0 Å². The molecular formula is C34H37NO. The van der Waals surface area contributed by atoms with Crippen molar-refractivity contribution < 1.29 is 5.11 Å². The molecule has 2 heteroatoms. The lowest BCUT2D eigenvalue weighted by Crippen LogP contribution is -1.91. The third-order valence-electron chi connectivity index (χ3n) is 5.78. The van der Waals surface area contributed by atoms with Crippen LogP contribution in [0.2, 0.25) is 0 Å². The molecule has 5 aromatic rings. The molecule has 5 aromatic carbocycles. The van der Waals surface area contributed by atoms with Crippen molar-refractivity contribution >= 4 is 22.1 Å². The summed E-state index contributed by atoms with van der Waals surface area (Å²) < 4.78 is 0. The standard InChI is InChI=1S/C19H17N.C13H14O.C2H6/c1-3-7-16(8-4-1)15-17-11-13-19(14-12-17)20-18-9-5-2-6-10-18;1-9(2)10-3-4-12-8-13(14)6-5-11(12)7-10;1-2/h1-14,20H,15H2;3-9,14H,1-2H3;1-2H3. The van der Waals surface area contributed by atoms with Crippen molar-refractivity contribution in [2.75, 3.05) is 5.32 Å². The van der Waals surface area contributed by atoms with Crippen LogP contribution in [0.4, 0.5) is 11.4 Å². The van der Waals surface area contributed by atoms with Crippen LogP contribution in [0.5, 0.6) is 5.75 Å². The average Bonchev–Trinajstić information content (AvgIpc) is 2.92. The molecule has 0 saturated carbocycles. The zero-order valence-corrected chi connectivity index (χ0v) is 21.8. The van der Waals surface area contributed by atoms with Gasteiger partial charge in [0.2, 0.25) is 0 Å². The summed E-state index contributed by atoms with van der Waals surface area (Å²) in [5.74, 6) is 0.878. The summed E-state index contributed by atoms with van der Waals surface area (Å²) >= 11 is 0. The molecular weight excluding hydrogens is 438 g/mol. The molecule has 0 atom stereocenters. The van der Waals surface area contributed by atoms with E-state index in [1.54, 1.807) is 12.1 Å². The van der Waals surface area contributed by atoms with E-state index in [-0.39, 0.29) is 0 Å². The maximum Gasteiger partial charge on any atom is 0.116 e. The molecule has 0 amide bonds. The predicted molar refractivity (Wildman–Crippen MR) is 156 cm³/mol. The van der Waals surface area contributed by atoms with Gasteiger partial charge in [-0.05, 0) is 76.2 Å². The van der Waals surface area contributed by atoms with Crippen LogP contribution in [0.1, 0.15) is 50.3 Å². The third kappa shape index (κ3) is 8.02. The van der Waals surface area contributed by atoms with Crippen molar-refractivity contribution in [3.63, 3.8) is 0 Å². The van der Waals surface area contributed by atoms with Gasteiger partial charge in [-0.1, -0.05) is 113 Å². The molecule has 0 aliphatic rings. The van der Waals surface area contributed by atoms with Crippen LogP contribution in [0.3, 0.4) is 0 Å². The summed E-state index contributed by atoms with van der Waals surface area (Å²) in [5, 5.41) is 15.0. The van der Waals surface area contributed by atoms with E-state index in [2.05, 4.69) is 104 Å². The summed E-state index contributed by atoms with van der Waals surface area (Å²) in [7, 11) is 0. The third-order valence-corrected chi connectivity index (χ3v) is 5.78. The molecule has 0 spiro atoms. The number of hydrogen-bond donors (Lipinski definition) is 2. The first kappa shape index (κ1) is 26.6. The van der Waals surface area contributed by atoms with E-state index in [0.29, 0.717) is 11.7 Å². The zero-order chi connectivity index (χ0) is 25.8. The fourth-order valence-corrected chi connectivity index (χ4v) is 3.84. The van der Waals surface area contributed by atoms with Crippen LogP contribution in [0, 0.1) is 0 Å². The Morgan fingerprint density at radius 1 is 0.583 bits per heavy atom. The second kappa shape index (κ2) is 13.7. The Bertz CT molecular complexity index is 1250. The minimum absolute atomic E-state index is 0.329. The van der Waals surface area contributed by atoms with E-state index < -0.39 is 0 Å². The molecule has 2 N–H and O–H groups in total. The lowest BCUT2D eigenvalue weighted by Gasteiger charge is -2.07. The smallest absolute Gasteiger partial charge is 0.116 e. The Labute approximate surface area is 216 Å². The molecule has 0 aliphatic carbocycles. The number of rotatable bonds is 5. The first-order valence-electron chi connectivity index (χ1n) is 12.7. The highest BCUT2D eigenvalue weighted by molar-refractivity contribution is 5.84. The maximum atomic E-state index is 9.31. The summed E-state index contributed by atoms with van der Waals surface area (Å²) in [6.45, 7) is 8.36. The van der Waals surface area contributed by atoms with Gasteiger partial charge in [0.1, 0.15) is 5.75 Å². The number of fused-ring (bicyclic) bond motifs is 1. The van der Waals surface area contributed by atoms with Crippen molar-refractivity contribution in [3.8, 4) is 5.75 Å². The van der Waals surface area contributed by atoms with E-state index in [0.717, 1.165) is 23.2 Å². The van der Waals surface area contributed by atoms with Crippen molar-refractivity contribution in [1.29, 1.82) is 0 Å². The van der Waals surface area contributed by atoms with E-state index >= 15 is 0 Å². The van der Waals surface area contributed by atoms with Crippen LogP contribution < -0.4 is 5.32 Å². The fraction of sp³-hybridized carbons (Fsp3) is 0.176. The Balaban J connectivity index is 0.000000198. The van der Waals surface area contributed by atoms with Crippen LogP contribution in [0.25, 0.3) is 10.8 Å². The Morgan fingerprint density at radius 2 is 1.11 bits per heavy atom. The molecule has 2 nitrogen and oxygen atoms in total. The quantitative estimate of drug-likeness (QED) is 0.265. The number of anilines is 2. The number of hydrogen-bond acceptors (Lipinski definition) is 2. The van der Waals surface area contributed by atoms with Gasteiger partial charge in [0.15, 0.2) is 0 Å². The van der Waals surface area contributed by atoms with Gasteiger partial charge >= 0.3 is 0 Å². The first-order chi connectivity index (χ1) is 17.6. The molecule has 5 rings (SSSR count). The normalized spacial score (nSPS) is 10.1. The summed E-state index contributed by atoms with van der Waals surface area (Å²) in [5.41, 5.74) is 6.24. The highest BCUT2D eigenvalue weighted by Crippen LogP contribution is 2.24. The van der Waals surface area contributed by atoms with E-state index in [1.165, 1.54) is 22.1 Å². The van der Waals surface area contributed by atoms with Gasteiger partial charge in [-0.3, -0.25) is 0 Å². The number of nitrogens with one attached hydrogen (secondary N) is 1. The van der Waals surface area contributed by atoms with Crippen molar-refractivity contribution in [3.05, 3.63) is 138 Å². The topological polar surface area (TPSA) is 32.3 Å².